The molecule has 1 aliphatic heterocycles. The van der Waals surface area contributed by atoms with Gasteiger partial charge in [0, 0.05) is 25.2 Å². The Hall–Kier alpha value is -2.53. The Morgan fingerprint density at radius 3 is 2.64 bits per heavy atom. The van der Waals surface area contributed by atoms with E-state index in [1.807, 2.05) is 43.0 Å². The molecule has 1 aliphatic rings. The Morgan fingerprint density at radius 2 is 1.86 bits per heavy atom. The van der Waals surface area contributed by atoms with E-state index >= 15 is 0 Å². The van der Waals surface area contributed by atoms with Crippen LogP contribution in [0, 0.1) is 6.92 Å². The fourth-order valence-corrected chi connectivity index (χ4v) is 4.60. The van der Waals surface area contributed by atoms with E-state index in [1.54, 1.807) is 0 Å². The number of aromatic nitrogens is 2. The number of H-pyrrole nitrogens is 1. The van der Waals surface area contributed by atoms with Crippen LogP contribution in [0.1, 0.15) is 35.0 Å². The van der Waals surface area contributed by atoms with E-state index < -0.39 is 0 Å². The van der Waals surface area contributed by atoms with Crippen LogP contribution in [-0.4, -0.2) is 32.6 Å². The zero-order chi connectivity index (χ0) is 19.5. The van der Waals surface area contributed by atoms with Crippen molar-refractivity contribution in [1.29, 1.82) is 0 Å². The lowest BCUT2D eigenvalue weighted by atomic mass is 10.00. The van der Waals surface area contributed by atoms with Gasteiger partial charge in [0.25, 0.3) is 0 Å². The maximum atomic E-state index is 13.0. The van der Waals surface area contributed by atoms with Gasteiger partial charge in [0.1, 0.15) is 0 Å². The molecule has 2 aromatic carbocycles. The number of nitrogens with zero attached hydrogens (tertiary/aromatic N) is 2. The summed E-state index contributed by atoms with van der Waals surface area (Å²) >= 11 is 1.51. The number of fused-ring (bicyclic) bond motifs is 1. The summed E-state index contributed by atoms with van der Waals surface area (Å²) in [7, 11) is 0. The van der Waals surface area contributed by atoms with Crippen molar-refractivity contribution in [2.45, 2.75) is 43.6 Å². The molecule has 5 heteroatoms. The van der Waals surface area contributed by atoms with Crippen molar-refractivity contribution >= 4 is 17.7 Å². The Balaban J connectivity index is 1.40. The summed E-state index contributed by atoms with van der Waals surface area (Å²) in [4.78, 5) is 23.0. The van der Waals surface area contributed by atoms with Gasteiger partial charge in [-0.15, -0.1) is 0 Å². The van der Waals surface area contributed by atoms with E-state index in [1.165, 1.54) is 28.5 Å². The first-order chi connectivity index (χ1) is 13.6. The fraction of sp³-hybridized carbons (Fsp3) is 0.304. The number of carbonyl (C=O) groups is 1. The number of benzene rings is 2. The van der Waals surface area contributed by atoms with Crippen LogP contribution in [0.3, 0.4) is 0 Å². The van der Waals surface area contributed by atoms with Crippen LogP contribution in [0.15, 0.2) is 59.8 Å². The van der Waals surface area contributed by atoms with E-state index in [0.29, 0.717) is 6.54 Å². The minimum Gasteiger partial charge on any atom is -0.337 e. The highest BCUT2D eigenvalue weighted by Crippen LogP contribution is 2.26. The van der Waals surface area contributed by atoms with Crippen LogP contribution >= 0.6 is 11.8 Å². The summed E-state index contributed by atoms with van der Waals surface area (Å²) in [5.41, 5.74) is 5.97. The van der Waals surface area contributed by atoms with Gasteiger partial charge in [-0.25, -0.2) is 4.98 Å². The highest BCUT2D eigenvalue weighted by Gasteiger charge is 2.26. The molecule has 144 valence electrons. The number of carbonyl (C=O) groups excluding carboxylic acids is 1. The van der Waals surface area contributed by atoms with E-state index in [9.17, 15) is 4.79 Å². The molecule has 28 heavy (non-hydrogen) atoms. The molecule has 1 N–H and O–H groups in total. The average molecular weight is 392 g/mol. The molecule has 2 heterocycles. The zero-order valence-corrected chi connectivity index (χ0v) is 17.1. The smallest absolute Gasteiger partial charge is 0.236 e. The first-order valence-corrected chi connectivity index (χ1v) is 10.6. The summed E-state index contributed by atoms with van der Waals surface area (Å²) in [6, 6.07) is 18.7. The van der Waals surface area contributed by atoms with Gasteiger partial charge in [-0.05, 0) is 37.0 Å². The topological polar surface area (TPSA) is 49.0 Å². The number of hydrogen-bond donors (Lipinski definition) is 1. The quantitative estimate of drug-likeness (QED) is 0.657. The van der Waals surface area contributed by atoms with Gasteiger partial charge < -0.3 is 9.88 Å². The number of hydrogen-bond acceptors (Lipinski definition) is 3. The van der Waals surface area contributed by atoms with Gasteiger partial charge in [-0.3, -0.25) is 4.79 Å². The van der Waals surface area contributed by atoms with Gasteiger partial charge in [-0.2, -0.15) is 0 Å². The van der Waals surface area contributed by atoms with Crippen LogP contribution in [0.5, 0.6) is 0 Å². The molecule has 1 aromatic heterocycles. The molecule has 4 nitrogen and oxygen atoms in total. The molecule has 0 fully saturated rings. The maximum absolute atomic E-state index is 13.0. The number of imidazole rings is 1. The molecule has 0 aliphatic carbocycles. The average Bonchev–Trinajstić information content (AvgIpc) is 3.06. The van der Waals surface area contributed by atoms with Crippen molar-refractivity contribution in [2.75, 3.05) is 6.54 Å². The Labute approximate surface area is 170 Å². The molecule has 0 spiro atoms. The van der Waals surface area contributed by atoms with Crippen molar-refractivity contribution in [3.05, 3.63) is 82.7 Å². The zero-order valence-electron chi connectivity index (χ0n) is 16.3. The van der Waals surface area contributed by atoms with E-state index in [4.69, 9.17) is 4.98 Å². The summed E-state index contributed by atoms with van der Waals surface area (Å²) in [6.07, 6.45) is 1.73. The number of aromatic amines is 1. The lowest BCUT2D eigenvalue weighted by Gasteiger charge is -2.30. The second-order valence-electron chi connectivity index (χ2n) is 7.31. The third-order valence-corrected chi connectivity index (χ3v) is 6.23. The van der Waals surface area contributed by atoms with Crippen molar-refractivity contribution < 1.29 is 4.79 Å². The lowest BCUT2D eigenvalue weighted by molar-refractivity contribution is -0.131. The Bertz CT molecular complexity index is 967. The minimum atomic E-state index is -0.166. The van der Waals surface area contributed by atoms with Crippen LogP contribution < -0.4 is 0 Å². The molecule has 4 rings (SSSR count). The van der Waals surface area contributed by atoms with Crippen molar-refractivity contribution in [2.24, 2.45) is 0 Å². The third kappa shape index (κ3) is 4.14. The van der Waals surface area contributed by atoms with Gasteiger partial charge in [0.15, 0.2) is 5.16 Å². The SMILES string of the molecule is Cc1[nH]c(S[C@@H](C)C(=O)N2CCc3ccccc3C2)nc1Cc1ccccc1. The molecule has 0 saturated carbocycles. The second kappa shape index (κ2) is 8.23. The second-order valence-corrected chi connectivity index (χ2v) is 8.64. The molecule has 0 saturated heterocycles. The molecule has 0 unspecified atom stereocenters. The number of amides is 1. The number of nitrogens with one attached hydrogen (secondary N) is 1. The molecule has 3 aromatic rings. The highest BCUT2D eigenvalue weighted by molar-refractivity contribution is 8.00. The van der Waals surface area contributed by atoms with Gasteiger partial charge >= 0.3 is 0 Å². The van der Waals surface area contributed by atoms with Crippen molar-refractivity contribution in [3.63, 3.8) is 0 Å². The Kier molecular flexibility index (Phi) is 5.53. The van der Waals surface area contributed by atoms with Crippen LogP contribution in [0.2, 0.25) is 0 Å². The first kappa shape index (κ1) is 18.8. The minimum absolute atomic E-state index is 0.166. The summed E-state index contributed by atoms with van der Waals surface area (Å²) in [6.45, 7) is 5.51. The molecular weight excluding hydrogens is 366 g/mol. The number of aryl methyl sites for hydroxylation is 1. The molecule has 0 radical (unpaired) electrons. The number of thioether (sulfide) groups is 1. The van der Waals surface area contributed by atoms with Crippen LogP contribution in [0.25, 0.3) is 0 Å². The summed E-state index contributed by atoms with van der Waals surface area (Å²) < 4.78 is 0. The summed E-state index contributed by atoms with van der Waals surface area (Å²) in [5, 5.41) is 0.655. The van der Waals surface area contributed by atoms with E-state index in [-0.39, 0.29) is 11.2 Å². The van der Waals surface area contributed by atoms with E-state index in [0.717, 1.165) is 35.9 Å². The molecule has 1 atom stereocenters. The molecular formula is C23H25N3OS. The predicted molar refractivity (Wildman–Crippen MR) is 113 cm³/mol. The normalized spacial score (nSPS) is 14.6. The van der Waals surface area contributed by atoms with Gasteiger partial charge in [0.05, 0.1) is 10.9 Å². The van der Waals surface area contributed by atoms with Crippen LogP contribution in [0.4, 0.5) is 0 Å². The predicted octanol–water partition coefficient (Wildman–Crippen LogP) is 4.37. The van der Waals surface area contributed by atoms with E-state index in [2.05, 4.69) is 35.3 Å². The number of rotatable bonds is 5. The maximum Gasteiger partial charge on any atom is 0.236 e. The van der Waals surface area contributed by atoms with Crippen LogP contribution in [-0.2, 0) is 24.2 Å². The van der Waals surface area contributed by atoms with Gasteiger partial charge in [-0.1, -0.05) is 66.4 Å². The largest absolute Gasteiger partial charge is 0.337 e. The van der Waals surface area contributed by atoms with Gasteiger partial charge in [0.2, 0.25) is 5.91 Å². The first-order valence-electron chi connectivity index (χ1n) is 9.72. The lowest BCUT2D eigenvalue weighted by Crippen LogP contribution is -2.40. The van der Waals surface area contributed by atoms with Crippen molar-refractivity contribution in [3.8, 4) is 0 Å². The molecule has 0 bridgehead atoms. The highest BCUT2D eigenvalue weighted by atomic mass is 32.2. The standard InChI is InChI=1S/C23H25N3OS/c1-16-21(14-18-8-4-3-5-9-18)25-23(24-16)28-17(2)22(27)26-13-12-19-10-6-7-11-20(19)15-26/h3-11,17H,12-15H2,1-2H3,(H,24,25)/t17-/m0/s1. The third-order valence-electron chi connectivity index (χ3n) is 5.26. The summed E-state index contributed by atoms with van der Waals surface area (Å²) in [5.74, 6) is 0.179. The molecule has 1 amide bonds. The Morgan fingerprint density at radius 1 is 1.14 bits per heavy atom. The fourth-order valence-electron chi connectivity index (χ4n) is 3.64. The monoisotopic (exact) mass is 391 g/mol. The van der Waals surface area contributed by atoms with Crippen molar-refractivity contribution in [1.82, 2.24) is 14.9 Å².